The highest BCUT2D eigenvalue weighted by molar-refractivity contribution is 5.68. The summed E-state index contributed by atoms with van der Waals surface area (Å²) in [5, 5.41) is 0. The average molecular weight is 227 g/mol. The molecule has 1 aliphatic rings. The molecule has 3 nitrogen and oxygen atoms in total. The van der Waals surface area contributed by atoms with Crippen molar-refractivity contribution in [1.29, 1.82) is 0 Å². The van der Waals surface area contributed by atoms with Gasteiger partial charge in [-0.25, -0.2) is 4.79 Å². The van der Waals surface area contributed by atoms with Crippen LogP contribution in [0, 0.1) is 11.8 Å². The first-order valence-electron chi connectivity index (χ1n) is 6.31. The lowest BCUT2D eigenvalue weighted by atomic mass is 9.94. The van der Waals surface area contributed by atoms with Gasteiger partial charge in [0.05, 0.1) is 0 Å². The largest absolute Gasteiger partial charge is 0.444 e. The predicted octanol–water partition coefficient (Wildman–Crippen LogP) is 3.29. The van der Waals surface area contributed by atoms with E-state index < -0.39 is 0 Å². The zero-order valence-corrected chi connectivity index (χ0v) is 11.2. The minimum atomic E-state index is -0.386. The minimum Gasteiger partial charge on any atom is -0.444 e. The van der Waals surface area contributed by atoms with Crippen LogP contribution in [0.5, 0.6) is 0 Å². The number of carbonyl (C=O) groups is 1. The van der Waals surface area contributed by atoms with Crippen molar-refractivity contribution >= 4 is 6.09 Å². The van der Waals surface area contributed by atoms with Gasteiger partial charge in [0, 0.05) is 13.1 Å². The maximum atomic E-state index is 11.9. The SMILES string of the molecule is CCC[C@H]1CN(C(=O)OC(C)(C)C)C[C@H]1C. The van der Waals surface area contributed by atoms with Gasteiger partial charge in [0.2, 0.25) is 0 Å². The molecule has 0 unspecified atom stereocenters. The van der Waals surface area contributed by atoms with Crippen LogP contribution in [0.15, 0.2) is 0 Å². The molecule has 1 saturated heterocycles. The molecule has 1 fully saturated rings. The van der Waals surface area contributed by atoms with Crippen LogP contribution in [0.2, 0.25) is 0 Å². The van der Waals surface area contributed by atoms with Crippen molar-refractivity contribution in [3.8, 4) is 0 Å². The summed E-state index contributed by atoms with van der Waals surface area (Å²) in [7, 11) is 0. The smallest absolute Gasteiger partial charge is 0.410 e. The highest BCUT2D eigenvalue weighted by Crippen LogP contribution is 2.27. The van der Waals surface area contributed by atoms with Gasteiger partial charge < -0.3 is 9.64 Å². The fourth-order valence-electron chi connectivity index (χ4n) is 2.26. The average Bonchev–Trinajstić information content (AvgIpc) is 2.46. The van der Waals surface area contributed by atoms with Crippen LogP contribution in [0.4, 0.5) is 4.79 Å². The summed E-state index contributed by atoms with van der Waals surface area (Å²) in [6, 6.07) is 0. The van der Waals surface area contributed by atoms with Crippen molar-refractivity contribution in [2.24, 2.45) is 11.8 Å². The fraction of sp³-hybridized carbons (Fsp3) is 0.923. The molecule has 0 bridgehead atoms. The van der Waals surface area contributed by atoms with Crippen LogP contribution in [0.1, 0.15) is 47.5 Å². The molecule has 0 radical (unpaired) electrons. The van der Waals surface area contributed by atoms with E-state index in [4.69, 9.17) is 4.74 Å². The summed E-state index contributed by atoms with van der Waals surface area (Å²) in [6.07, 6.45) is 2.25. The highest BCUT2D eigenvalue weighted by Gasteiger charge is 2.33. The van der Waals surface area contributed by atoms with Gasteiger partial charge in [0.25, 0.3) is 0 Å². The second-order valence-corrected chi connectivity index (χ2v) is 5.91. The number of likely N-dealkylation sites (tertiary alicyclic amines) is 1. The Hall–Kier alpha value is -0.730. The lowest BCUT2D eigenvalue weighted by Crippen LogP contribution is -2.35. The van der Waals surface area contributed by atoms with Crippen LogP contribution in [0.25, 0.3) is 0 Å². The lowest BCUT2D eigenvalue weighted by molar-refractivity contribution is 0.0284. The van der Waals surface area contributed by atoms with E-state index in [2.05, 4.69) is 13.8 Å². The number of ether oxygens (including phenoxy) is 1. The molecule has 1 aliphatic heterocycles. The number of rotatable bonds is 2. The molecule has 3 heteroatoms. The van der Waals surface area contributed by atoms with E-state index in [0.717, 1.165) is 13.1 Å². The molecule has 0 spiro atoms. The van der Waals surface area contributed by atoms with Crippen LogP contribution in [-0.2, 0) is 4.74 Å². The lowest BCUT2D eigenvalue weighted by Gasteiger charge is -2.24. The van der Waals surface area contributed by atoms with E-state index in [1.807, 2.05) is 25.7 Å². The van der Waals surface area contributed by atoms with Crippen LogP contribution >= 0.6 is 0 Å². The monoisotopic (exact) mass is 227 g/mol. The van der Waals surface area contributed by atoms with Crippen molar-refractivity contribution in [2.45, 2.75) is 53.1 Å². The molecule has 2 atom stereocenters. The van der Waals surface area contributed by atoms with E-state index in [1.54, 1.807) is 0 Å². The minimum absolute atomic E-state index is 0.155. The molecule has 1 heterocycles. The molecule has 0 saturated carbocycles. The van der Waals surface area contributed by atoms with Crippen molar-refractivity contribution < 1.29 is 9.53 Å². The Morgan fingerprint density at radius 3 is 2.50 bits per heavy atom. The molecule has 1 amide bonds. The number of amides is 1. The normalized spacial score (nSPS) is 25.9. The van der Waals surface area contributed by atoms with Gasteiger partial charge in [-0.3, -0.25) is 0 Å². The highest BCUT2D eigenvalue weighted by atomic mass is 16.6. The fourth-order valence-corrected chi connectivity index (χ4v) is 2.26. The molecular formula is C13H25NO2. The zero-order chi connectivity index (χ0) is 12.3. The third kappa shape index (κ3) is 3.69. The van der Waals surface area contributed by atoms with E-state index >= 15 is 0 Å². The molecule has 0 N–H and O–H groups in total. The third-order valence-corrected chi connectivity index (χ3v) is 3.08. The van der Waals surface area contributed by atoms with E-state index in [1.165, 1.54) is 12.8 Å². The maximum Gasteiger partial charge on any atom is 0.410 e. The molecule has 0 aromatic carbocycles. The summed E-state index contributed by atoms with van der Waals surface area (Å²) >= 11 is 0. The predicted molar refractivity (Wildman–Crippen MR) is 65.4 cm³/mol. The molecule has 0 aromatic rings. The quantitative estimate of drug-likeness (QED) is 0.724. The van der Waals surface area contributed by atoms with Gasteiger partial charge in [-0.2, -0.15) is 0 Å². The Balaban J connectivity index is 2.48. The number of nitrogens with zero attached hydrogens (tertiary/aromatic N) is 1. The van der Waals surface area contributed by atoms with Gasteiger partial charge in [-0.05, 0) is 39.0 Å². The Morgan fingerprint density at radius 1 is 1.38 bits per heavy atom. The summed E-state index contributed by atoms with van der Waals surface area (Å²) in [5.74, 6) is 1.25. The third-order valence-electron chi connectivity index (χ3n) is 3.08. The van der Waals surface area contributed by atoms with E-state index in [-0.39, 0.29) is 11.7 Å². The Labute approximate surface area is 99.1 Å². The van der Waals surface area contributed by atoms with Crippen LogP contribution in [0.3, 0.4) is 0 Å². The number of hydrogen-bond donors (Lipinski definition) is 0. The van der Waals surface area contributed by atoms with Crippen molar-refractivity contribution in [3.05, 3.63) is 0 Å². The summed E-state index contributed by atoms with van der Waals surface area (Å²) in [4.78, 5) is 13.7. The Bertz CT molecular complexity index is 245. The maximum absolute atomic E-state index is 11.9. The first-order valence-corrected chi connectivity index (χ1v) is 6.31. The zero-order valence-electron chi connectivity index (χ0n) is 11.2. The number of carbonyl (C=O) groups excluding carboxylic acids is 1. The summed E-state index contributed by atoms with van der Waals surface area (Å²) < 4.78 is 5.38. The molecule has 1 rings (SSSR count). The molecule has 0 aromatic heterocycles. The Morgan fingerprint density at radius 2 is 2.00 bits per heavy atom. The van der Waals surface area contributed by atoms with Gasteiger partial charge in [0.1, 0.15) is 5.60 Å². The summed E-state index contributed by atoms with van der Waals surface area (Å²) in [6.45, 7) is 11.9. The summed E-state index contributed by atoms with van der Waals surface area (Å²) in [5.41, 5.74) is -0.386. The second-order valence-electron chi connectivity index (χ2n) is 5.91. The van der Waals surface area contributed by atoms with Gasteiger partial charge in [0.15, 0.2) is 0 Å². The van der Waals surface area contributed by atoms with Crippen molar-refractivity contribution in [1.82, 2.24) is 4.90 Å². The molecule has 0 aliphatic carbocycles. The molecule has 16 heavy (non-hydrogen) atoms. The molecular weight excluding hydrogens is 202 g/mol. The van der Waals surface area contributed by atoms with Crippen LogP contribution in [-0.4, -0.2) is 29.7 Å². The van der Waals surface area contributed by atoms with Crippen LogP contribution < -0.4 is 0 Å². The first kappa shape index (κ1) is 13.3. The van der Waals surface area contributed by atoms with E-state index in [9.17, 15) is 4.79 Å². The van der Waals surface area contributed by atoms with Crippen molar-refractivity contribution in [2.75, 3.05) is 13.1 Å². The van der Waals surface area contributed by atoms with Crippen molar-refractivity contribution in [3.63, 3.8) is 0 Å². The topological polar surface area (TPSA) is 29.5 Å². The van der Waals surface area contributed by atoms with Gasteiger partial charge in [-0.15, -0.1) is 0 Å². The van der Waals surface area contributed by atoms with Gasteiger partial charge >= 0.3 is 6.09 Å². The van der Waals surface area contributed by atoms with Gasteiger partial charge in [-0.1, -0.05) is 20.3 Å². The second kappa shape index (κ2) is 5.07. The Kier molecular flexibility index (Phi) is 4.22. The van der Waals surface area contributed by atoms with E-state index in [0.29, 0.717) is 11.8 Å². The standard InChI is InChI=1S/C13H25NO2/c1-6-7-11-9-14(8-10(11)2)12(15)16-13(3,4)5/h10-11H,6-9H2,1-5H3/t10-,11+/m1/s1. The molecule has 94 valence electrons. The first-order chi connectivity index (χ1) is 7.33. The number of hydrogen-bond acceptors (Lipinski definition) is 2.